The van der Waals surface area contributed by atoms with E-state index in [1.54, 1.807) is 13.8 Å². The molecule has 0 saturated heterocycles. The lowest BCUT2D eigenvalue weighted by Crippen LogP contribution is -2.33. The lowest BCUT2D eigenvalue weighted by atomic mass is 10.0. The number of carboxylic acids is 1. The van der Waals surface area contributed by atoms with Crippen molar-refractivity contribution in [3.05, 3.63) is 28.8 Å². The summed E-state index contributed by atoms with van der Waals surface area (Å²) in [4.78, 5) is 11.2. The van der Waals surface area contributed by atoms with E-state index >= 15 is 0 Å². The van der Waals surface area contributed by atoms with Crippen LogP contribution in [0.4, 0.5) is 5.69 Å². The van der Waals surface area contributed by atoms with Gasteiger partial charge >= 0.3 is 16.2 Å². The Morgan fingerprint density at radius 1 is 1.30 bits per heavy atom. The van der Waals surface area contributed by atoms with Gasteiger partial charge < -0.3 is 5.11 Å². The van der Waals surface area contributed by atoms with Gasteiger partial charge in [0, 0.05) is 13.6 Å². The minimum atomic E-state index is -3.74. The van der Waals surface area contributed by atoms with Crippen LogP contribution in [-0.2, 0) is 10.2 Å². The minimum Gasteiger partial charge on any atom is -0.478 e. The summed E-state index contributed by atoms with van der Waals surface area (Å²) in [6, 6.07) is 3.01. The number of nitrogens with zero attached hydrogens (tertiary/aromatic N) is 1. The van der Waals surface area contributed by atoms with Crippen molar-refractivity contribution in [3.63, 3.8) is 0 Å². The van der Waals surface area contributed by atoms with Gasteiger partial charge in [0.2, 0.25) is 0 Å². The van der Waals surface area contributed by atoms with E-state index in [1.165, 1.54) is 19.2 Å². The van der Waals surface area contributed by atoms with Gasteiger partial charge in [-0.25, -0.2) is 4.79 Å². The van der Waals surface area contributed by atoms with Crippen LogP contribution in [0.2, 0.25) is 0 Å². The van der Waals surface area contributed by atoms with Crippen molar-refractivity contribution in [3.8, 4) is 0 Å². The Labute approximate surface area is 119 Å². The molecular weight excluding hydrogens is 280 g/mol. The fourth-order valence-electron chi connectivity index (χ4n) is 1.73. The van der Waals surface area contributed by atoms with Gasteiger partial charge in [-0.1, -0.05) is 6.92 Å². The largest absolute Gasteiger partial charge is 0.478 e. The average molecular weight is 300 g/mol. The second-order valence-electron chi connectivity index (χ2n) is 4.72. The van der Waals surface area contributed by atoms with E-state index in [1.807, 2.05) is 6.92 Å². The van der Waals surface area contributed by atoms with Crippen LogP contribution >= 0.6 is 0 Å². The molecule has 0 fully saturated rings. The zero-order valence-corrected chi connectivity index (χ0v) is 12.9. The topological polar surface area (TPSA) is 86.7 Å². The zero-order valence-electron chi connectivity index (χ0n) is 12.1. The van der Waals surface area contributed by atoms with E-state index in [4.69, 9.17) is 0 Å². The van der Waals surface area contributed by atoms with Crippen molar-refractivity contribution < 1.29 is 18.3 Å². The monoisotopic (exact) mass is 300 g/mol. The summed E-state index contributed by atoms with van der Waals surface area (Å²) in [6.07, 6.45) is 0.677. The number of anilines is 1. The molecule has 1 aromatic rings. The molecular formula is C13H20N2O4S. The number of hydrogen-bond donors (Lipinski definition) is 2. The van der Waals surface area contributed by atoms with E-state index in [0.29, 0.717) is 13.0 Å². The Bertz CT molecular complexity index is 611. The Hall–Kier alpha value is -1.60. The van der Waals surface area contributed by atoms with Crippen LogP contribution in [0.1, 0.15) is 34.8 Å². The normalized spacial score (nSPS) is 11.7. The highest BCUT2D eigenvalue weighted by Crippen LogP contribution is 2.22. The van der Waals surface area contributed by atoms with Gasteiger partial charge in [0.1, 0.15) is 0 Å². The zero-order chi connectivity index (χ0) is 15.5. The fourth-order valence-corrected chi connectivity index (χ4v) is 2.76. The maximum Gasteiger partial charge on any atom is 0.337 e. The molecule has 0 aromatic heterocycles. The molecule has 1 aromatic carbocycles. The van der Waals surface area contributed by atoms with Crippen molar-refractivity contribution in [2.75, 3.05) is 18.3 Å². The third-order valence-electron chi connectivity index (χ3n) is 3.05. The van der Waals surface area contributed by atoms with Gasteiger partial charge in [0.15, 0.2) is 0 Å². The summed E-state index contributed by atoms with van der Waals surface area (Å²) in [5.41, 5.74) is 1.66. The summed E-state index contributed by atoms with van der Waals surface area (Å²) >= 11 is 0. The first-order valence-electron chi connectivity index (χ1n) is 6.27. The third-order valence-corrected chi connectivity index (χ3v) is 4.53. The van der Waals surface area contributed by atoms with Gasteiger partial charge in [-0.3, -0.25) is 4.72 Å². The molecule has 6 nitrogen and oxygen atoms in total. The Morgan fingerprint density at radius 2 is 1.85 bits per heavy atom. The second-order valence-corrected chi connectivity index (χ2v) is 6.49. The molecule has 112 valence electrons. The number of nitrogens with one attached hydrogen (secondary N) is 1. The van der Waals surface area contributed by atoms with Gasteiger partial charge in [0.25, 0.3) is 0 Å². The predicted molar refractivity (Wildman–Crippen MR) is 78.3 cm³/mol. The number of carbonyl (C=O) groups is 1. The van der Waals surface area contributed by atoms with Gasteiger partial charge in [-0.15, -0.1) is 0 Å². The highest BCUT2D eigenvalue weighted by Gasteiger charge is 2.20. The number of benzene rings is 1. The van der Waals surface area contributed by atoms with E-state index in [-0.39, 0.29) is 11.3 Å². The molecule has 0 aliphatic rings. The summed E-state index contributed by atoms with van der Waals surface area (Å²) in [6.45, 7) is 5.81. The smallest absolute Gasteiger partial charge is 0.337 e. The summed E-state index contributed by atoms with van der Waals surface area (Å²) in [7, 11) is -2.29. The lowest BCUT2D eigenvalue weighted by Gasteiger charge is -2.19. The number of rotatable bonds is 6. The number of carboxylic acid groups (broad SMARTS) is 1. The average Bonchev–Trinajstić information content (AvgIpc) is 2.33. The molecule has 20 heavy (non-hydrogen) atoms. The molecule has 7 heteroatoms. The number of aromatic carboxylic acids is 1. The summed E-state index contributed by atoms with van der Waals surface area (Å²) in [5, 5.41) is 9.17. The van der Waals surface area contributed by atoms with Crippen molar-refractivity contribution in [1.82, 2.24) is 4.31 Å². The quantitative estimate of drug-likeness (QED) is 0.841. The number of aryl methyl sites for hydroxylation is 2. The van der Waals surface area contributed by atoms with Gasteiger partial charge in [-0.2, -0.15) is 12.7 Å². The highest BCUT2D eigenvalue weighted by atomic mass is 32.2. The maximum atomic E-state index is 12.1. The molecule has 0 radical (unpaired) electrons. The van der Waals surface area contributed by atoms with Gasteiger partial charge in [0.05, 0.1) is 11.3 Å². The molecule has 0 saturated carbocycles. The van der Waals surface area contributed by atoms with Crippen LogP contribution in [0.25, 0.3) is 0 Å². The van der Waals surface area contributed by atoms with E-state index in [0.717, 1.165) is 15.4 Å². The minimum absolute atomic E-state index is 0.0541. The molecule has 0 amide bonds. The molecule has 1 rings (SSSR count). The fraction of sp³-hybridized carbons (Fsp3) is 0.462. The lowest BCUT2D eigenvalue weighted by molar-refractivity contribution is 0.0698. The third kappa shape index (κ3) is 3.71. The highest BCUT2D eigenvalue weighted by molar-refractivity contribution is 7.90. The van der Waals surface area contributed by atoms with Crippen LogP contribution in [0.5, 0.6) is 0 Å². The number of hydrogen-bond acceptors (Lipinski definition) is 3. The standard InChI is InChI=1S/C13H20N2O4S/c1-5-6-15(4)20(18,19)14-12-8-10(3)9(2)7-11(12)13(16)17/h7-8,14H,5-6H2,1-4H3,(H,16,17). The van der Waals surface area contributed by atoms with Crippen LogP contribution in [-0.4, -0.2) is 37.4 Å². The first-order chi connectivity index (χ1) is 9.19. The second kappa shape index (κ2) is 6.23. The first kappa shape index (κ1) is 16.5. The van der Waals surface area contributed by atoms with E-state index < -0.39 is 16.2 Å². The van der Waals surface area contributed by atoms with Crippen LogP contribution in [0.3, 0.4) is 0 Å². The summed E-state index contributed by atoms with van der Waals surface area (Å²) in [5.74, 6) is -1.16. The molecule has 0 heterocycles. The van der Waals surface area contributed by atoms with Crippen molar-refractivity contribution in [2.24, 2.45) is 0 Å². The molecule has 0 bridgehead atoms. The predicted octanol–water partition coefficient (Wildman–Crippen LogP) is 2.00. The Morgan fingerprint density at radius 3 is 2.35 bits per heavy atom. The SMILES string of the molecule is CCCN(C)S(=O)(=O)Nc1cc(C)c(C)cc1C(=O)O. The molecule has 0 atom stereocenters. The molecule has 0 aliphatic carbocycles. The van der Waals surface area contributed by atoms with Crippen LogP contribution in [0.15, 0.2) is 12.1 Å². The molecule has 2 N–H and O–H groups in total. The van der Waals surface area contributed by atoms with Crippen molar-refractivity contribution >= 4 is 21.9 Å². The van der Waals surface area contributed by atoms with Crippen molar-refractivity contribution in [1.29, 1.82) is 0 Å². The Balaban J connectivity index is 3.21. The summed E-state index contributed by atoms with van der Waals surface area (Å²) < 4.78 is 27.7. The molecule has 0 spiro atoms. The molecule has 0 aliphatic heterocycles. The van der Waals surface area contributed by atoms with Gasteiger partial charge in [-0.05, 0) is 43.5 Å². The Kier molecular flexibility index (Phi) is 5.13. The van der Waals surface area contributed by atoms with Crippen LogP contribution < -0.4 is 4.72 Å². The van der Waals surface area contributed by atoms with E-state index in [2.05, 4.69) is 4.72 Å². The first-order valence-corrected chi connectivity index (χ1v) is 7.71. The van der Waals surface area contributed by atoms with Crippen LogP contribution in [0, 0.1) is 13.8 Å². The molecule has 0 unspecified atom stereocenters. The van der Waals surface area contributed by atoms with Crippen molar-refractivity contribution in [2.45, 2.75) is 27.2 Å². The maximum absolute atomic E-state index is 12.1. The van der Waals surface area contributed by atoms with E-state index in [9.17, 15) is 18.3 Å².